The number of benzene rings is 1. The number of phenols is 1. The predicted octanol–water partition coefficient (Wildman–Crippen LogP) is 2.07. The number of nitrogens with zero attached hydrogens (tertiary/aromatic N) is 4. The van der Waals surface area contributed by atoms with E-state index in [0.717, 1.165) is 22.5 Å². The molecule has 0 unspecified atom stereocenters. The number of aryl methyl sites for hydroxylation is 2. The summed E-state index contributed by atoms with van der Waals surface area (Å²) >= 11 is 1.46. The molecule has 2 N–H and O–H groups in total. The molecule has 7 nitrogen and oxygen atoms in total. The zero-order valence-electron chi connectivity index (χ0n) is 15.0. The molecule has 8 heteroatoms. The van der Waals surface area contributed by atoms with Gasteiger partial charge in [-0.25, -0.2) is 9.50 Å². The van der Waals surface area contributed by atoms with E-state index in [9.17, 15) is 9.90 Å². The van der Waals surface area contributed by atoms with Crippen LogP contribution in [0.1, 0.15) is 22.5 Å². The highest BCUT2D eigenvalue weighted by atomic mass is 32.2. The van der Waals surface area contributed by atoms with Gasteiger partial charge in [0.05, 0.1) is 6.42 Å². The fourth-order valence-electron chi connectivity index (χ4n) is 2.81. The van der Waals surface area contributed by atoms with Crippen LogP contribution >= 0.6 is 11.8 Å². The first-order chi connectivity index (χ1) is 12.5. The lowest BCUT2D eigenvalue weighted by atomic mass is 10.1. The third kappa shape index (κ3) is 3.96. The van der Waals surface area contributed by atoms with Gasteiger partial charge in [-0.1, -0.05) is 23.9 Å². The maximum absolute atomic E-state index is 12.3. The van der Waals surface area contributed by atoms with Crippen LogP contribution in [0.3, 0.4) is 0 Å². The van der Waals surface area contributed by atoms with E-state index in [1.54, 1.807) is 22.7 Å². The summed E-state index contributed by atoms with van der Waals surface area (Å²) in [4.78, 5) is 21.1. The Hall–Kier alpha value is -2.61. The van der Waals surface area contributed by atoms with Gasteiger partial charge in [0.1, 0.15) is 5.75 Å². The molecular weight excluding hydrogens is 350 g/mol. The zero-order chi connectivity index (χ0) is 18.7. The first-order valence-electron chi connectivity index (χ1n) is 8.29. The molecule has 0 aliphatic rings. The van der Waals surface area contributed by atoms with Crippen molar-refractivity contribution < 1.29 is 9.90 Å². The van der Waals surface area contributed by atoms with E-state index in [1.165, 1.54) is 11.8 Å². The van der Waals surface area contributed by atoms with Gasteiger partial charge in [0.2, 0.25) is 11.1 Å². The number of hydrogen-bond donors (Lipinski definition) is 2. The Morgan fingerprint density at radius 1 is 1.31 bits per heavy atom. The number of hydrogen-bond acceptors (Lipinski definition) is 6. The number of thioether (sulfide) groups is 1. The predicted molar refractivity (Wildman–Crippen MR) is 101 cm³/mol. The van der Waals surface area contributed by atoms with Crippen LogP contribution in [0, 0.1) is 13.8 Å². The number of aromatic hydroxyl groups is 1. The molecule has 0 aliphatic carbocycles. The lowest BCUT2D eigenvalue weighted by molar-refractivity contribution is -0.120. The van der Waals surface area contributed by atoms with Crippen molar-refractivity contribution in [2.45, 2.75) is 31.8 Å². The molecule has 0 bridgehead atoms. The fraction of sp³-hybridized carbons (Fsp3) is 0.333. The minimum atomic E-state index is -0.0669. The van der Waals surface area contributed by atoms with Crippen LogP contribution in [0.5, 0.6) is 5.75 Å². The number of aromatic nitrogens is 4. The lowest BCUT2D eigenvalue weighted by Crippen LogP contribution is -2.28. The summed E-state index contributed by atoms with van der Waals surface area (Å²) in [7, 11) is 0. The Morgan fingerprint density at radius 3 is 2.85 bits per heavy atom. The highest BCUT2D eigenvalue weighted by molar-refractivity contribution is 7.98. The quantitative estimate of drug-likeness (QED) is 0.645. The number of rotatable bonds is 6. The minimum Gasteiger partial charge on any atom is -0.508 e. The van der Waals surface area contributed by atoms with Crippen molar-refractivity contribution in [1.82, 2.24) is 24.9 Å². The molecule has 136 valence electrons. The minimum absolute atomic E-state index is 0.0669. The Labute approximate surface area is 155 Å². The van der Waals surface area contributed by atoms with Crippen LogP contribution in [0.4, 0.5) is 0 Å². The molecule has 2 aromatic heterocycles. The van der Waals surface area contributed by atoms with Gasteiger partial charge < -0.3 is 10.4 Å². The summed E-state index contributed by atoms with van der Waals surface area (Å²) in [6.45, 7) is 4.32. The van der Waals surface area contributed by atoms with E-state index in [2.05, 4.69) is 20.4 Å². The fourth-order valence-corrected chi connectivity index (χ4v) is 3.15. The Morgan fingerprint density at radius 2 is 2.12 bits per heavy atom. The second-order valence-corrected chi connectivity index (χ2v) is 6.79. The van der Waals surface area contributed by atoms with Crippen molar-refractivity contribution in [3.63, 3.8) is 0 Å². The van der Waals surface area contributed by atoms with Crippen molar-refractivity contribution in [2.24, 2.45) is 0 Å². The van der Waals surface area contributed by atoms with Gasteiger partial charge in [0.15, 0.2) is 0 Å². The van der Waals surface area contributed by atoms with Crippen LogP contribution in [-0.4, -0.2) is 43.4 Å². The monoisotopic (exact) mass is 371 g/mol. The van der Waals surface area contributed by atoms with Gasteiger partial charge in [0.25, 0.3) is 5.78 Å². The normalized spacial score (nSPS) is 11.0. The molecule has 0 radical (unpaired) electrons. The topological polar surface area (TPSA) is 92.4 Å². The van der Waals surface area contributed by atoms with Crippen molar-refractivity contribution in [3.8, 4) is 5.75 Å². The third-order valence-corrected chi connectivity index (χ3v) is 4.73. The van der Waals surface area contributed by atoms with E-state index in [0.29, 0.717) is 23.9 Å². The van der Waals surface area contributed by atoms with E-state index < -0.39 is 0 Å². The van der Waals surface area contributed by atoms with Crippen molar-refractivity contribution in [2.75, 3.05) is 12.8 Å². The molecule has 0 saturated carbocycles. The number of carbonyl (C=O) groups is 1. The van der Waals surface area contributed by atoms with E-state index in [1.807, 2.05) is 26.2 Å². The number of carbonyl (C=O) groups excluding carboxylic acids is 1. The van der Waals surface area contributed by atoms with Gasteiger partial charge in [-0.2, -0.15) is 4.98 Å². The molecular formula is C18H21N5O2S. The van der Waals surface area contributed by atoms with Crippen LogP contribution in [0.25, 0.3) is 5.78 Å². The average molecular weight is 371 g/mol. The Bertz CT molecular complexity index is 954. The molecule has 0 atom stereocenters. The summed E-state index contributed by atoms with van der Waals surface area (Å²) in [5.41, 5.74) is 3.51. The van der Waals surface area contributed by atoms with Crippen molar-refractivity contribution in [1.29, 1.82) is 0 Å². The SMILES string of the molecule is CSc1nc2nc(C)c(CC(=O)NCCc3cccc(O)c3)c(C)n2n1. The summed E-state index contributed by atoms with van der Waals surface area (Å²) in [5, 5.41) is 17.5. The molecule has 26 heavy (non-hydrogen) atoms. The molecule has 0 fully saturated rings. The molecule has 3 aromatic rings. The highest BCUT2D eigenvalue weighted by Gasteiger charge is 2.15. The van der Waals surface area contributed by atoms with Crippen LogP contribution in [0.15, 0.2) is 29.4 Å². The van der Waals surface area contributed by atoms with Gasteiger partial charge in [-0.15, -0.1) is 5.10 Å². The van der Waals surface area contributed by atoms with E-state index in [4.69, 9.17) is 0 Å². The molecule has 0 spiro atoms. The average Bonchev–Trinajstić information content (AvgIpc) is 3.02. The number of amides is 1. The number of phenolic OH excluding ortho intramolecular Hbond substituents is 1. The lowest BCUT2D eigenvalue weighted by Gasteiger charge is -2.11. The zero-order valence-corrected chi connectivity index (χ0v) is 15.8. The molecule has 1 aromatic carbocycles. The number of fused-ring (bicyclic) bond motifs is 1. The van der Waals surface area contributed by atoms with Crippen LogP contribution < -0.4 is 5.32 Å². The number of nitrogens with one attached hydrogen (secondary N) is 1. The van der Waals surface area contributed by atoms with Gasteiger partial charge in [-0.3, -0.25) is 4.79 Å². The molecule has 0 aliphatic heterocycles. The molecule has 2 heterocycles. The van der Waals surface area contributed by atoms with Gasteiger partial charge in [0, 0.05) is 23.5 Å². The maximum atomic E-state index is 12.3. The first-order valence-corrected chi connectivity index (χ1v) is 9.52. The van der Waals surface area contributed by atoms with Crippen LogP contribution in [0.2, 0.25) is 0 Å². The maximum Gasteiger partial charge on any atom is 0.253 e. The largest absolute Gasteiger partial charge is 0.508 e. The third-order valence-electron chi connectivity index (χ3n) is 4.20. The summed E-state index contributed by atoms with van der Waals surface area (Å²) in [6.07, 6.45) is 2.82. The van der Waals surface area contributed by atoms with Crippen molar-refractivity contribution in [3.05, 3.63) is 46.8 Å². The standard InChI is InChI=1S/C18H21N5O2S/c1-11-15(12(2)23-17(20-11)21-18(22-23)26-3)10-16(25)19-8-7-13-5-4-6-14(24)9-13/h4-6,9,24H,7-8,10H2,1-3H3,(H,19,25). The van der Waals surface area contributed by atoms with Crippen LogP contribution in [-0.2, 0) is 17.6 Å². The summed E-state index contributed by atoms with van der Waals surface area (Å²) < 4.78 is 1.69. The smallest absolute Gasteiger partial charge is 0.253 e. The summed E-state index contributed by atoms with van der Waals surface area (Å²) in [6, 6.07) is 7.04. The molecule has 0 saturated heterocycles. The first kappa shape index (κ1) is 18.2. The van der Waals surface area contributed by atoms with Crippen molar-refractivity contribution >= 4 is 23.4 Å². The second kappa shape index (κ2) is 7.74. The van der Waals surface area contributed by atoms with Gasteiger partial charge >= 0.3 is 0 Å². The van der Waals surface area contributed by atoms with E-state index in [-0.39, 0.29) is 18.1 Å². The molecule has 3 rings (SSSR count). The summed E-state index contributed by atoms with van der Waals surface area (Å²) in [5.74, 6) is 0.719. The Kier molecular flexibility index (Phi) is 5.41. The second-order valence-electron chi connectivity index (χ2n) is 6.02. The Balaban J connectivity index is 1.67. The van der Waals surface area contributed by atoms with Gasteiger partial charge in [-0.05, 0) is 44.2 Å². The highest BCUT2D eigenvalue weighted by Crippen LogP contribution is 2.17. The molecule has 1 amide bonds. The van der Waals surface area contributed by atoms with E-state index >= 15 is 0 Å².